The van der Waals surface area contributed by atoms with Crippen molar-refractivity contribution in [3.63, 3.8) is 0 Å². The molecular formula is C12H17N3. The largest absolute Gasteiger partial charge is 0.369 e. The molecule has 0 atom stereocenters. The van der Waals surface area contributed by atoms with E-state index in [1.54, 1.807) is 0 Å². The molecule has 1 heterocycles. The highest BCUT2D eigenvalue weighted by molar-refractivity contribution is 5.81. The number of imidazole rings is 1. The van der Waals surface area contributed by atoms with Gasteiger partial charge in [0.25, 0.3) is 0 Å². The fourth-order valence-electron chi connectivity index (χ4n) is 1.96. The number of para-hydroxylation sites is 1. The van der Waals surface area contributed by atoms with E-state index in [9.17, 15) is 0 Å². The van der Waals surface area contributed by atoms with Gasteiger partial charge in [0.1, 0.15) is 0 Å². The van der Waals surface area contributed by atoms with Gasteiger partial charge in [-0.2, -0.15) is 0 Å². The molecule has 3 nitrogen and oxygen atoms in total. The maximum Gasteiger partial charge on any atom is 0.201 e. The van der Waals surface area contributed by atoms with Gasteiger partial charge in [0.2, 0.25) is 5.95 Å². The highest BCUT2D eigenvalue weighted by Crippen LogP contribution is 2.27. The molecule has 0 aliphatic rings. The molecule has 0 bridgehead atoms. The first-order valence-electron chi connectivity index (χ1n) is 5.15. The monoisotopic (exact) mass is 203 g/mol. The topological polar surface area (TPSA) is 43.8 Å². The molecule has 3 heteroatoms. The Morgan fingerprint density at radius 1 is 1.27 bits per heavy atom. The number of anilines is 1. The highest BCUT2D eigenvalue weighted by atomic mass is 15.2. The summed E-state index contributed by atoms with van der Waals surface area (Å²) < 4.78 is 2.08. The van der Waals surface area contributed by atoms with Crippen molar-refractivity contribution in [2.75, 3.05) is 5.73 Å². The van der Waals surface area contributed by atoms with E-state index in [0.29, 0.717) is 5.95 Å². The molecule has 0 saturated carbocycles. The Bertz CT molecular complexity index is 503. The van der Waals surface area contributed by atoms with Crippen LogP contribution < -0.4 is 5.73 Å². The number of aromatic nitrogens is 2. The number of nitrogens with zero attached hydrogens (tertiary/aromatic N) is 2. The van der Waals surface area contributed by atoms with Crippen LogP contribution in [0.15, 0.2) is 18.2 Å². The summed E-state index contributed by atoms with van der Waals surface area (Å²) in [4.78, 5) is 4.42. The van der Waals surface area contributed by atoms with Crippen molar-refractivity contribution < 1.29 is 0 Å². The van der Waals surface area contributed by atoms with Crippen LogP contribution in [0.5, 0.6) is 0 Å². The molecule has 0 aliphatic heterocycles. The summed E-state index contributed by atoms with van der Waals surface area (Å²) in [7, 11) is 0. The van der Waals surface area contributed by atoms with Gasteiger partial charge in [-0.05, 0) is 39.3 Å². The lowest BCUT2D eigenvalue weighted by Gasteiger charge is -2.23. The van der Waals surface area contributed by atoms with Crippen LogP contribution in [0.25, 0.3) is 11.0 Å². The van der Waals surface area contributed by atoms with Gasteiger partial charge >= 0.3 is 0 Å². The SMILES string of the molecule is Cc1cccc2c1nc(N)n2C(C)(C)C. The van der Waals surface area contributed by atoms with Crippen LogP contribution in [0.4, 0.5) is 5.95 Å². The Morgan fingerprint density at radius 3 is 2.53 bits per heavy atom. The Balaban J connectivity index is 2.86. The number of fused-ring (bicyclic) bond motifs is 1. The molecule has 0 unspecified atom stereocenters. The van der Waals surface area contributed by atoms with Crippen molar-refractivity contribution in [1.29, 1.82) is 0 Å². The average Bonchev–Trinajstić information content (AvgIpc) is 2.41. The summed E-state index contributed by atoms with van der Waals surface area (Å²) in [5.41, 5.74) is 9.21. The molecule has 2 aromatic rings. The third-order valence-electron chi connectivity index (χ3n) is 2.58. The first-order valence-corrected chi connectivity index (χ1v) is 5.15. The standard InChI is InChI=1S/C12H17N3/c1-8-6-5-7-9-10(8)14-11(13)15(9)12(2,3)4/h5-7H,1-4H3,(H2,13,14). The minimum Gasteiger partial charge on any atom is -0.369 e. The van der Waals surface area contributed by atoms with Gasteiger partial charge in [0, 0.05) is 5.54 Å². The number of nitrogens with two attached hydrogens (primary N) is 1. The highest BCUT2D eigenvalue weighted by Gasteiger charge is 2.20. The van der Waals surface area contributed by atoms with Gasteiger partial charge in [-0.1, -0.05) is 12.1 Å². The molecule has 2 N–H and O–H groups in total. The summed E-state index contributed by atoms with van der Waals surface area (Å²) in [6, 6.07) is 6.17. The van der Waals surface area contributed by atoms with Crippen LogP contribution in [0.3, 0.4) is 0 Å². The molecule has 0 amide bonds. The second-order valence-electron chi connectivity index (χ2n) is 4.92. The number of hydrogen-bond acceptors (Lipinski definition) is 2. The van der Waals surface area contributed by atoms with Gasteiger partial charge in [0.15, 0.2) is 0 Å². The molecule has 15 heavy (non-hydrogen) atoms. The first-order chi connectivity index (χ1) is 6.91. The molecule has 1 aromatic heterocycles. The summed E-state index contributed by atoms with van der Waals surface area (Å²) in [5.74, 6) is 0.590. The van der Waals surface area contributed by atoms with E-state index >= 15 is 0 Å². The van der Waals surface area contributed by atoms with Crippen LogP contribution in [0, 0.1) is 6.92 Å². The number of aryl methyl sites for hydroxylation is 1. The minimum absolute atomic E-state index is 0.0351. The molecule has 0 fully saturated rings. The van der Waals surface area contributed by atoms with E-state index in [1.165, 1.54) is 5.56 Å². The van der Waals surface area contributed by atoms with Gasteiger partial charge in [-0.3, -0.25) is 0 Å². The molecule has 2 rings (SSSR count). The zero-order chi connectivity index (χ0) is 11.2. The van der Waals surface area contributed by atoms with Gasteiger partial charge in [0.05, 0.1) is 11.0 Å². The van der Waals surface area contributed by atoms with E-state index in [2.05, 4.69) is 49.4 Å². The van der Waals surface area contributed by atoms with E-state index in [1.807, 2.05) is 6.07 Å². The van der Waals surface area contributed by atoms with Crippen LogP contribution >= 0.6 is 0 Å². The molecule has 1 aromatic carbocycles. The summed E-state index contributed by atoms with van der Waals surface area (Å²) in [6.07, 6.45) is 0. The van der Waals surface area contributed by atoms with Crippen LogP contribution in [0.2, 0.25) is 0 Å². The van der Waals surface area contributed by atoms with Crippen molar-refractivity contribution >= 4 is 17.0 Å². The maximum absolute atomic E-state index is 5.96. The fourth-order valence-corrected chi connectivity index (χ4v) is 1.96. The average molecular weight is 203 g/mol. The van der Waals surface area contributed by atoms with E-state index in [0.717, 1.165) is 11.0 Å². The summed E-state index contributed by atoms with van der Waals surface area (Å²) >= 11 is 0. The lowest BCUT2D eigenvalue weighted by atomic mass is 10.1. The minimum atomic E-state index is -0.0351. The second-order valence-corrected chi connectivity index (χ2v) is 4.92. The molecular weight excluding hydrogens is 186 g/mol. The Kier molecular flexibility index (Phi) is 2.00. The smallest absolute Gasteiger partial charge is 0.201 e. The molecule has 80 valence electrons. The van der Waals surface area contributed by atoms with Gasteiger partial charge in [-0.15, -0.1) is 0 Å². The van der Waals surface area contributed by atoms with Crippen molar-refractivity contribution in [2.45, 2.75) is 33.2 Å². The third-order valence-corrected chi connectivity index (χ3v) is 2.58. The van der Waals surface area contributed by atoms with Crippen LogP contribution in [-0.2, 0) is 5.54 Å². The Morgan fingerprint density at radius 2 is 1.93 bits per heavy atom. The van der Waals surface area contributed by atoms with Crippen molar-refractivity contribution in [2.24, 2.45) is 0 Å². The fraction of sp³-hybridized carbons (Fsp3) is 0.417. The quantitative estimate of drug-likeness (QED) is 0.715. The predicted octanol–water partition coefficient (Wildman–Crippen LogP) is 2.68. The van der Waals surface area contributed by atoms with Crippen molar-refractivity contribution in [3.05, 3.63) is 23.8 Å². The zero-order valence-electron chi connectivity index (χ0n) is 9.70. The summed E-state index contributed by atoms with van der Waals surface area (Å²) in [6.45, 7) is 8.45. The lowest BCUT2D eigenvalue weighted by molar-refractivity contribution is 0.414. The second kappa shape index (κ2) is 2.99. The maximum atomic E-state index is 5.96. The number of hydrogen-bond donors (Lipinski definition) is 1. The zero-order valence-corrected chi connectivity index (χ0v) is 9.70. The number of nitrogen functional groups attached to an aromatic ring is 1. The third kappa shape index (κ3) is 1.48. The van der Waals surface area contributed by atoms with E-state index < -0.39 is 0 Å². The number of benzene rings is 1. The van der Waals surface area contributed by atoms with Crippen molar-refractivity contribution in [1.82, 2.24) is 9.55 Å². The summed E-state index contributed by atoms with van der Waals surface area (Å²) in [5, 5.41) is 0. The van der Waals surface area contributed by atoms with Crippen LogP contribution in [0.1, 0.15) is 26.3 Å². The first kappa shape index (κ1) is 10.0. The van der Waals surface area contributed by atoms with Crippen molar-refractivity contribution in [3.8, 4) is 0 Å². The van der Waals surface area contributed by atoms with E-state index in [-0.39, 0.29) is 5.54 Å². The Labute approximate surface area is 89.9 Å². The molecule has 0 aliphatic carbocycles. The predicted molar refractivity (Wildman–Crippen MR) is 63.9 cm³/mol. The molecule has 0 saturated heterocycles. The normalized spacial score (nSPS) is 12.3. The van der Waals surface area contributed by atoms with E-state index in [4.69, 9.17) is 5.73 Å². The Hall–Kier alpha value is -1.51. The molecule has 0 spiro atoms. The number of rotatable bonds is 0. The lowest BCUT2D eigenvalue weighted by Crippen LogP contribution is -2.23. The van der Waals surface area contributed by atoms with Crippen LogP contribution in [-0.4, -0.2) is 9.55 Å². The van der Waals surface area contributed by atoms with Gasteiger partial charge in [-0.25, -0.2) is 4.98 Å². The van der Waals surface area contributed by atoms with Gasteiger partial charge < -0.3 is 10.3 Å². The molecule has 0 radical (unpaired) electrons.